The maximum Gasteiger partial charge on any atom is 0.0230 e. The minimum Gasteiger partial charge on any atom is -0.330 e. The van der Waals surface area contributed by atoms with Gasteiger partial charge in [0.15, 0.2) is 0 Å². The van der Waals surface area contributed by atoms with Gasteiger partial charge in [-0.2, -0.15) is 0 Å². The lowest BCUT2D eigenvalue weighted by atomic mass is 10.2. The van der Waals surface area contributed by atoms with Crippen LogP contribution in [0.2, 0.25) is 0 Å². The Labute approximate surface area is 116 Å². The molecule has 0 radical (unpaired) electrons. The summed E-state index contributed by atoms with van der Waals surface area (Å²) in [6.07, 6.45) is 2.31. The van der Waals surface area contributed by atoms with E-state index in [0.717, 1.165) is 26.1 Å². The van der Waals surface area contributed by atoms with E-state index in [9.17, 15) is 0 Å². The highest BCUT2D eigenvalue weighted by Crippen LogP contribution is 2.23. The molecular formula is C15H26N2S. The van der Waals surface area contributed by atoms with Crippen molar-refractivity contribution in [3.63, 3.8) is 0 Å². The lowest BCUT2D eigenvalue weighted by Gasteiger charge is -2.16. The summed E-state index contributed by atoms with van der Waals surface area (Å²) < 4.78 is 0. The Morgan fingerprint density at radius 1 is 1.17 bits per heavy atom. The SMILES string of the molecule is CC(C)Sc1ccc(CN(C)CCCCN)cc1. The Hall–Kier alpha value is -0.510. The van der Waals surface area contributed by atoms with E-state index in [0.29, 0.717) is 5.25 Å². The molecule has 0 amide bonds. The van der Waals surface area contributed by atoms with Gasteiger partial charge in [0.25, 0.3) is 0 Å². The molecule has 0 aliphatic carbocycles. The fraction of sp³-hybridized carbons (Fsp3) is 0.600. The molecule has 1 rings (SSSR count). The Morgan fingerprint density at radius 3 is 2.39 bits per heavy atom. The summed E-state index contributed by atoms with van der Waals surface area (Å²) in [5, 5.41) is 0.648. The summed E-state index contributed by atoms with van der Waals surface area (Å²) in [5.41, 5.74) is 6.89. The van der Waals surface area contributed by atoms with Crippen LogP contribution in [0.15, 0.2) is 29.2 Å². The molecule has 0 atom stereocenters. The molecule has 102 valence electrons. The van der Waals surface area contributed by atoms with Crippen molar-refractivity contribution >= 4 is 11.8 Å². The first kappa shape index (κ1) is 15.5. The van der Waals surface area contributed by atoms with Crippen LogP contribution in [0, 0.1) is 0 Å². The van der Waals surface area contributed by atoms with E-state index in [-0.39, 0.29) is 0 Å². The molecule has 18 heavy (non-hydrogen) atoms. The molecule has 1 aromatic rings. The van der Waals surface area contributed by atoms with Crippen LogP contribution in [-0.2, 0) is 6.54 Å². The van der Waals surface area contributed by atoms with Gasteiger partial charge in [-0.05, 0) is 50.7 Å². The number of unbranched alkanes of at least 4 members (excludes halogenated alkanes) is 1. The first-order valence-corrected chi connectivity index (χ1v) is 7.64. The van der Waals surface area contributed by atoms with Crippen molar-refractivity contribution in [1.82, 2.24) is 4.90 Å². The maximum absolute atomic E-state index is 5.50. The fourth-order valence-corrected chi connectivity index (χ4v) is 2.70. The van der Waals surface area contributed by atoms with Crippen LogP contribution in [0.4, 0.5) is 0 Å². The van der Waals surface area contributed by atoms with Gasteiger partial charge in [-0.3, -0.25) is 0 Å². The van der Waals surface area contributed by atoms with E-state index >= 15 is 0 Å². The Morgan fingerprint density at radius 2 is 1.83 bits per heavy atom. The maximum atomic E-state index is 5.50. The van der Waals surface area contributed by atoms with E-state index in [2.05, 4.69) is 50.1 Å². The summed E-state index contributed by atoms with van der Waals surface area (Å²) in [7, 11) is 2.17. The van der Waals surface area contributed by atoms with Crippen molar-refractivity contribution < 1.29 is 0 Å². The Balaban J connectivity index is 2.38. The second kappa shape index (κ2) is 8.57. The van der Waals surface area contributed by atoms with Crippen LogP contribution in [-0.4, -0.2) is 30.3 Å². The molecule has 2 nitrogen and oxygen atoms in total. The molecular weight excluding hydrogens is 240 g/mol. The number of hydrogen-bond acceptors (Lipinski definition) is 3. The molecule has 3 heteroatoms. The van der Waals surface area contributed by atoms with E-state index in [1.807, 2.05) is 11.8 Å². The first-order chi connectivity index (χ1) is 8.61. The summed E-state index contributed by atoms with van der Waals surface area (Å²) in [6.45, 7) is 7.40. The van der Waals surface area contributed by atoms with E-state index < -0.39 is 0 Å². The molecule has 0 aromatic heterocycles. The van der Waals surface area contributed by atoms with Gasteiger partial charge in [-0.1, -0.05) is 26.0 Å². The molecule has 0 aliphatic heterocycles. The third-order valence-electron chi connectivity index (χ3n) is 2.74. The third kappa shape index (κ3) is 6.43. The molecule has 0 spiro atoms. The lowest BCUT2D eigenvalue weighted by Crippen LogP contribution is -2.19. The zero-order valence-corrected chi connectivity index (χ0v) is 12.7. The third-order valence-corrected chi connectivity index (χ3v) is 3.76. The van der Waals surface area contributed by atoms with Crippen LogP contribution in [0.25, 0.3) is 0 Å². The molecule has 1 aromatic carbocycles. The van der Waals surface area contributed by atoms with Gasteiger partial charge in [0.2, 0.25) is 0 Å². The van der Waals surface area contributed by atoms with Crippen LogP contribution < -0.4 is 5.73 Å². The molecule has 0 bridgehead atoms. The van der Waals surface area contributed by atoms with Gasteiger partial charge < -0.3 is 10.6 Å². The van der Waals surface area contributed by atoms with Crippen molar-refractivity contribution in [2.75, 3.05) is 20.1 Å². The zero-order valence-electron chi connectivity index (χ0n) is 11.9. The normalized spacial score (nSPS) is 11.4. The summed E-state index contributed by atoms with van der Waals surface area (Å²) in [4.78, 5) is 3.72. The van der Waals surface area contributed by atoms with Crippen molar-refractivity contribution in [3.8, 4) is 0 Å². The number of nitrogens with two attached hydrogens (primary N) is 1. The van der Waals surface area contributed by atoms with Crippen LogP contribution in [0.1, 0.15) is 32.3 Å². The molecule has 0 saturated heterocycles. The summed E-state index contributed by atoms with van der Waals surface area (Å²) >= 11 is 1.92. The molecule has 0 saturated carbocycles. The molecule has 0 heterocycles. The van der Waals surface area contributed by atoms with E-state index in [4.69, 9.17) is 5.73 Å². The molecule has 0 unspecified atom stereocenters. The predicted molar refractivity (Wildman–Crippen MR) is 82.1 cm³/mol. The number of rotatable bonds is 8. The van der Waals surface area contributed by atoms with Gasteiger partial charge in [-0.25, -0.2) is 0 Å². The first-order valence-electron chi connectivity index (χ1n) is 6.76. The van der Waals surface area contributed by atoms with Gasteiger partial charge in [0.05, 0.1) is 0 Å². The van der Waals surface area contributed by atoms with E-state index in [1.54, 1.807) is 0 Å². The number of thioether (sulfide) groups is 1. The molecule has 2 N–H and O–H groups in total. The second-order valence-corrected chi connectivity index (χ2v) is 6.69. The monoisotopic (exact) mass is 266 g/mol. The van der Waals surface area contributed by atoms with Crippen molar-refractivity contribution in [1.29, 1.82) is 0 Å². The summed E-state index contributed by atoms with van der Waals surface area (Å²) in [5.74, 6) is 0. The van der Waals surface area contributed by atoms with Crippen LogP contribution >= 0.6 is 11.8 Å². The summed E-state index contributed by atoms with van der Waals surface area (Å²) in [6, 6.07) is 8.94. The number of hydrogen-bond donors (Lipinski definition) is 1. The van der Waals surface area contributed by atoms with Crippen molar-refractivity contribution in [2.24, 2.45) is 5.73 Å². The highest BCUT2D eigenvalue weighted by molar-refractivity contribution is 7.99. The van der Waals surface area contributed by atoms with Gasteiger partial charge in [0, 0.05) is 16.7 Å². The highest BCUT2D eigenvalue weighted by Gasteiger charge is 2.02. The number of benzene rings is 1. The standard InChI is InChI=1S/C15H26N2S/c1-13(2)18-15-8-6-14(7-9-15)12-17(3)11-5-4-10-16/h6-9,13H,4-5,10-12,16H2,1-3H3. The minimum atomic E-state index is 0.648. The molecule has 0 aliphatic rings. The Kier molecular flexibility index (Phi) is 7.40. The molecule has 0 fully saturated rings. The van der Waals surface area contributed by atoms with Crippen LogP contribution in [0.3, 0.4) is 0 Å². The predicted octanol–water partition coefficient (Wildman–Crippen LogP) is 3.36. The average Bonchev–Trinajstić information content (AvgIpc) is 2.31. The zero-order chi connectivity index (χ0) is 13.4. The quantitative estimate of drug-likeness (QED) is 0.578. The van der Waals surface area contributed by atoms with E-state index in [1.165, 1.54) is 16.9 Å². The van der Waals surface area contributed by atoms with Crippen molar-refractivity contribution in [3.05, 3.63) is 29.8 Å². The van der Waals surface area contributed by atoms with Crippen molar-refractivity contribution in [2.45, 2.75) is 43.4 Å². The van der Waals surface area contributed by atoms with Gasteiger partial charge in [0.1, 0.15) is 0 Å². The number of nitrogens with zero attached hydrogens (tertiary/aromatic N) is 1. The van der Waals surface area contributed by atoms with Gasteiger partial charge >= 0.3 is 0 Å². The fourth-order valence-electron chi connectivity index (χ4n) is 1.86. The topological polar surface area (TPSA) is 29.3 Å². The second-order valence-electron chi connectivity index (χ2n) is 5.04. The average molecular weight is 266 g/mol. The van der Waals surface area contributed by atoms with Crippen LogP contribution in [0.5, 0.6) is 0 Å². The largest absolute Gasteiger partial charge is 0.330 e. The lowest BCUT2D eigenvalue weighted by molar-refractivity contribution is 0.319. The highest BCUT2D eigenvalue weighted by atomic mass is 32.2. The minimum absolute atomic E-state index is 0.648. The van der Waals surface area contributed by atoms with Gasteiger partial charge in [-0.15, -0.1) is 11.8 Å². The Bertz CT molecular complexity index is 322. The smallest absolute Gasteiger partial charge is 0.0230 e.